The molecule has 0 amide bonds. The van der Waals surface area contributed by atoms with Gasteiger partial charge in [-0.25, -0.2) is 4.79 Å². The predicted octanol–water partition coefficient (Wildman–Crippen LogP) is 0.993. The fourth-order valence-electron chi connectivity index (χ4n) is 1.42. The number of esters is 1. The van der Waals surface area contributed by atoms with E-state index >= 15 is 0 Å². The van der Waals surface area contributed by atoms with Crippen molar-refractivity contribution in [2.24, 2.45) is 5.73 Å². The smallest absolute Gasteiger partial charge is 0.335 e. The summed E-state index contributed by atoms with van der Waals surface area (Å²) in [6, 6.07) is 1.25. The van der Waals surface area contributed by atoms with E-state index < -0.39 is 18.0 Å². The number of aryl methyl sites for hydroxylation is 1. The Bertz CT molecular complexity index is 475. The number of phenols is 1. The van der Waals surface area contributed by atoms with Crippen LogP contribution in [0.1, 0.15) is 27.5 Å². The molecule has 4 N–H and O–H groups in total. The molecule has 0 aliphatic heterocycles. The molecule has 1 aromatic carbocycles. The van der Waals surface area contributed by atoms with Crippen LogP contribution in [-0.4, -0.2) is 29.3 Å². The quantitative estimate of drug-likeness (QED) is 0.710. The maximum Gasteiger partial charge on any atom is 0.335 e. The summed E-state index contributed by atoms with van der Waals surface area (Å²) in [4.78, 5) is 22.1. The molecule has 100 valence electrons. The van der Waals surface area contributed by atoms with Crippen molar-refractivity contribution in [3.63, 3.8) is 0 Å². The Morgan fingerprint density at radius 1 is 1.39 bits per heavy atom. The third kappa shape index (κ3) is 3.12. The second kappa shape index (κ2) is 6.23. The van der Waals surface area contributed by atoms with Gasteiger partial charge < -0.3 is 20.7 Å². The highest BCUT2D eigenvalue weighted by Gasteiger charge is 2.22. The average Bonchev–Trinajstić information content (AvgIpc) is 2.30. The van der Waals surface area contributed by atoms with E-state index in [1.54, 1.807) is 0 Å². The van der Waals surface area contributed by atoms with Crippen LogP contribution in [0, 0.1) is 6.92 Å². The third-order valence-electron chi connectivity index (χ3n) is 2.37. The average molecular weight is 276 g/mol. The number of ether oxygens (including phenoxy) is 1. The third-order valence-corrected chi connectivity index (χ3v) is 2.37. The highest BCUT2D eigenvalue weighted by Crippen LogP contribution is 2.28. The van der Waals surface area contributed by atoms with Gasteiger partial charge in [0.25, 0.3) is 0 Å². The standard InChI is InChI=1S/C11H13NO5.ClH/c1-5-3-6(10(14)15)4-7(9(5)13)8(12)11(16)17-2;/h3-4,8,13H,12H2,1-2H3,(H,14,15);1H/t8-;/m1./s1. The molecule has 0 unspecified atom stereocenters. The molecule has 0 aromatic heterocycles. The van der Waals surface area contributed by atoms with E-state index in [0.717, 1.165) is 13.2 Å². The Labute approximate surface area is 110 Å². The van der Waals surface area contributed by atoms with Crippen molar-refractivity contribution in [3.05, 3.63) is 28.8 Å². The van der Waals surface area contributed by atoms with Gasteiger partial charge in [-0.05, 0) is 24.6 Å². The summed E-state index contributed by atoms with van der Waals surface area (Å²) >= 11 is 0. The van der Waals surface area contributed by atoms with E-state index in [0.29, 0.717) is 5.56 Å². The number of aromatic hydroxyl groups is 1. The molecule has 7 heteroatoms. The first kappa shape index (κ1) is 16.2. The molecule has 0 saturated carbocycles. The van der Waals surface area contributed by atoms with Crippen LogP contribution in [0.2, 0.25) is 0 Å². The van der Waals surface area contributed by atoms with Crippen LogP contribution in [-0.2, 0) is 9.53 Å². The van der Waals surface area contributed by atoms with Gasteiger partial charge in [-0.2, -0.15) is 0 Å². The summed E-state index contributed by atoms with van der Waals surface area (Å²) in [7, 11) is 1.16. The SMILES string of the molecule is COC(=O)[C@H](N)c1cc(C(=O)O)cc(C)c1O.Cl. The fraction of sp³-hybridized carbons (Fsp3) is 0.273. The Balaban J connectivity index is 0.00000289. The fourth-order valence-corrected chi connectivity index (χ4v) is 1.42. The van der Waals surface area contributed by atoms with Gasteiger partial charge in [0.05, 0.1) is 12.7 Å². The van der Waals surface area contributed by atoms with Gasteiger partial charge in [0.2, 0.25) is 0 Å². The zero-order valence-corrected chi connectivity index (χ0v) is 10.7. The topological polar surface area (TPSA) is 110 Å². The summed E-state index contributed by atoms with van der Waals surface area (Å²) in [5, 5.41) is 18.6. The summed E-state index contributed by atoms with van der Waals surface area (Å²) in [5.41, 5.74) is 5.88. The minimum atomic E-state index is -1.21. The normalized spacial score (nSPS) is 11.3. The molecule has 0 saturated heterocycles. The Kier molecular flexibility index (Phi) is 5.61. The number of halogens is 1. The molecule has 0 radical (unpaired) electrons. The first-order chi connectivity index (χ1) is 7.88. The van der Waals surface area contributed by atoms with Crippen molar-refractivity contribution in [3.8, 4) is 5.75 Å². The van der Waals surface area contributed by atoms with Gasteiger partial charge in [0.15, 0.2) is 0 Å². The van der Waals surface area contributed by atoms with E-state index in [1.807, 2.05) is 0 Å². The Morgan fingerprint density at radius 2 is 1.94 bits per heavy atom. The maximum absolute atomic E-state index is 11.3. The number of carboxylic acid groups (broad SMARTS) is 1. The molecule has 0 bridgehead atoms. The molecule has 1 atom stereocenters. The van der Waals surface area contributed by atoms with E-state index in [2.05, 4.69) is 4.74 Å². The van der Waals surface area contributed by atoms with E-state index in [1.165, 1.54) is 13.0 Å². The van der Waals surface area contributed by atoms with Crippen molar-refractivity contribution >= 4 is 24.3 Å². The maximum atomic E-state index is 11.3. The number of aromatic carboxylic acids is 1. The highest BCUT2D eigenvalue weighted by atomic mass is 35.5. The van der Waals surface area contributed by atoms with Gasteiger partial charge >= 0.3 is 11.9 Å². The van der Waals surface area contributed by atoms with Crippen LogP contribution in [0.15, 0.2) is 12.1 Å². The number of hydrogen-bond acceptors (Lipinski definition) is 5. The lowest BCUT2D eigenvalue weighted by Gasteiger charge is -2.13. The molecule has 0 fully saturated rings. The molecule has 0 heterocycles. The summed E-state index contributed by atoms with van der Waals surface area (Å²) < 4.78 is 4.44. The number of phenolic OH excluding ortho intramolecular Hbond substituents is 1. The van der Waals surface area contributed by atoms with E-state index in [4.69, 9.17) is 10.8 Å². The Hall–Kier alpha value is -1.79. The van der Waals surface area contributed by atoms with Gasteiger partial charge in [0, 0.05) is 5.56 Å². The first-order valence-electron chi connectivity index (χ1n) is 4.78. The van der Waals surface area contributed by atoms with Crippen LogP contribution < -0.4 is 5.73 Å². The lowest BCUT2D eigenvalue weighted by Crippen LogP contribution is -2.23. The molecule has 18 heavy (non-hydrogen) atoms. The van der Waals surface area contributed by atoms with Crippen molar-refractivity contribution < 1.29 is 24.5 Å². The molecule has 6 nitrogen and oxygen atoms in total. The van der Waals surface area contributed by atoms with Crippen LogP contribution >= 0.6 is 12.4 Å². The summed E-state index contributed by atoms with van der Waals surface area (Å²) in [6.45, 7) is 1.52. The molecule has 0 aliphatic rings. The van der Waals surface area contributed by atoms with Gasteiger partial charge in [-0.1, -0.05) is 0 Å². The minimum absolute atomic E-state index is 0. The Morgan fingerprint density at radius 3 is 2.39 bits per heavy atom. The largest absolute Gasteiger partial charge is 0.507 e. The zero-order valence-electron chi connectivity index (χ0n) is 9.84. The lowest BCUT2D eigenvalue weighted by atomic mass is 9.99. The number of carbonyl (C=O) groups excluding carboxylic acids is 1. The molecular weight excluding hydrogens is 262 g/mol. The van der Waals surface area contributed by atoms with Crippen molar-refractivity contribution in [1.82, 2.24) is 0 Å². The van der Waals surface area contributed by atoms with Crippen LogP contribution in [0.25, 0.3) is 0 Å². The second-order valence-electron chi connectivity index (χ2n) is 3.54. The molecule has 0 aliphatic carbocycles. The van der Waals surface area contributed by atoms with E-state index in [9.17, 15) is 14.7 Å². The number of carbonyl (C=O) groups is 2. The number of hydrogen-bond donors (Lipinski definition) is 3. The highest BCUT2D eigenvalue weighted by molar-refractivity contribution is 5.89. The number of methoxy groups -OCH3 is 1. The lowest BCUT2D eigenvalue weighted by molar-refractivity contribution is -0.142. The molecule has 0 spiro atoms. The van der Waals surface area contributed by atoms with Gasteiger partial charge in [-0.3, -0.25) is 4.79 Å². The number of benzene rings is 1. The summed E-state index contributed by atoms with van der Waals surface area (Å²) in [6.07, 6.45) is 0. The van der Waals surface area contributed by atoms with Crippen LogP contribution in [0.5, 0.6) is 5.75 Å². The number of rotatable bonds is 3. The van der Waals surface area contributed by atoms with Crippen LogP contribution in [0.4, 0.5) is 0 Å². The van der Waals surface area contributed by atoms with Crippen molar-refractivity contribution in [2.75, 3.05) is 7.11 Å². The zero-order chi connectivity index (χ0) is 13.2. The van der Waals surface area contributed by atoms with Crippen molar-refractivity contribution in [2.45, 2.75) is 13.0 Å². The van der Waals surface area contributed by atoms with Gasteiger partial charge in [0.1, 0.15) is 11.8 Å². The first-order valence-corrected chi connectivity index (χ1v) is 4.78. The number of nitrogens with two attached hydrogens (primary N) is 1. The monoisotopic (exact) mass is 275 g/mol. The summed E-state index contributed by atoms with van der Waals surface area (Å²) in [5.74, 6) is -2.11. The second-order valence-corrected chi connectivity index (χ2v) is 3.54. The van der Waals surface area contributed by atoms with Crippen molar-refractivity contribution in [1.29, 1.82) is 0 Å². The van der Waals surface area contributed by atoms with Gasteiger partial charge in [-0.15, -0.1) is 12.4 Å². The van der Waals surface area contributed by atoms with Crippen LogP contribution in [0.3, 0.4) is 0 Å². The number of carboxylic acids is 1. The predicted molar refractivity (Wildman–Crippen MR) is 66.0 cm³/mol. The molecule has 1 aromatic rings. The molecule has 1 rings (SSSR count). The molecular formula is C11H14ClNO5. The van der Waals surface area contributed by atoms with E-state index in [-0.39, 0.29) is 29.3 Å². The minimum Gasteiger partial charge on any atom is -0.507 e.